The average Bonchev–Trinajstić information content (AvgIpc) is 2.44. The summed E-state index contributed by atoms with van der Waals surface area (Å²) in [6.07, 6.45) is 4.31. The van der Waals surface area contributed by atoms with Crippen LogP contribution >= 0.6 is 0 Å². The third-order valence-corrected chi connectivity index (χ3v) is 3.79. The van der Waals surface area contributed by atoms with Gasteiger partial charge in [0.15, 0.2) is 0 Å². The highest BCUT2D eigenvalue weighted by Crippen LogP contribution is 2.27. The molecule has 0 aromatic carbocycles. The van der Waals surface area contributed by atoms with Gasteiger partial charge in [-0.1, -0.05) is 13.8 Å². The van der Waals surface area contributed by atoms with Gasteiger partial charge in [0.05, 0.1) is 18.4 Å². The molecule has 2 N–H and O–H groups in total. The van der Waals surface area contributed by atoms with Gasteiger partial charge in [0, 0.05) is 25.2 Å². The van der Waals surface area contributed by atoms with Crippen molar-refractivity contribution in [1.29, 1.82) is 0 Å². The van der Waals surface area contributed by atoms with Crippen molar-refractivity contribution in [3.05, 3.63) is 24.0 Å². The zero-order valence-corrected chi connectivity index (χ0v) is 11.8. The molecular formula is C14H22N2O3. The maximum atomic E-state index is 12.2. The lowest BCUT2D eigenvalue weighted by molar-refractivity contribution is 0.0542. The minimum Gasteiger partial charge on any atom is -0.505 e. The van der Waals surface area contributed by atoms with E-state index in [0.29, 0.717) is 6.54 Å². The van der Waals surface area contributed by atoms with Crippen LogP contribution in [0.15, 0.2) is 18.5 Å². The monoisotopic (exact) mass is 266 g/mol. The highest BCUT2D eigenvalue weighted by molar-refractivity contribution is 5.96. The Labute approximate surface area is 113 Å². The molecule has 1 rings (SSSR count). The average molecular weight is 266 g/mol. The zero-order chi connectivity index (χ0) is 14.5. The second-order valence-corrected chi connectivity index (χ2v) is 4.92. The van der Waals surface area contributed by atoms with E-state index in [4.69, 9.17) is 0 Å². The summed E-state index contributed by atoms with van der Waals surface area (Å²) in [4.78, 5) is 17.5. The van der Waals surface area contributed by atoms with Crippen LogP contribution in [-0.4, -0.2) is 46.2 Å². The fraction of sp³-hybridized carbons (Fsp3) is 0.571. The van der Waals surface area contributed by atoms with E-state index in [1.54, 1.807) is 7.05 Å². The fourth-order valence-electron chi connectivity index (χ4n) is 2.09. The number of aromatic hydroxyl groups is 1. The molecule has 0 aliphatic rings. The summed E-state index contributed by atoms with van der Waals surface area (Å²) in [6, 6.07) is 1.49. The molecule has 1 aromatic rings. The number of amides is 1. The third-order valence-electron chi connectivity index (χ3n) is 3.79. The summed E-state index contributed by atoms with van der Waals surface area (Å²) in [5.41, 5.74) is -0.0518. The third kappa shape index (κ3) is 3.44. The molecule has 0 fully saturated rings. The maximum Gasteiger partial charge on any atom is 0.257 e. The molecule has 1 aromatic heterocycles. The van der Waals surface area contributed by atoms with Crippen molar-refractivity contribution in [3.63, 3.8) is 0 Å². The normalized spacial score (nSPS) is 11.4. The second-order valence-electron chi connectivity index (χ2n) is 4.92. The van der Waals surface area contributed by atoms with Gasteiger partial charge in [0.2, 0.25) is 0 Å². The van der Waals surface area contributed by atoms with Gasteiger partial charge >= 0.3 is 0 Å². The highest BCUT2D eigenvalue weighted by atomic mass is 16.3. The van der Waals surface area contributed by atoms with Crippen LogP contribution in [0.5, 0.6) is 5.75 Å². The molecule has 106 valence electrons. The Morgan fingerprint density at radius 1 is 1.42 bits per heavy atom. The number of nitrogens with zero attached hydrogens (tertiary/aromatic N) is 2. The Bertz CT molecular complexity index is 422. The Morgan fingerprint density at radius 3 is 2.53 bits per heavy atom. The number of aromatic nitrogens is 1. The number of pyridine rings is 1. The van der Waals surface area contributed by atoms with Crippen molar-refractivity contribution in [2.24, 2.45) is 5.41 Å². The van der Waals surface area contributed by atoms with Crippen LogP contribution in [0.1, 0.15) is 37.0 Å². The van der Waals surface area contributed by atoms with E-state index in [0.717, 1.165) is 12.8 Å². The number of rotatable bonds is 6. The lowest BCUT2D eigenvalue weighted by atomic mass is 9.82. The van der Waals surface area contributed by atoms with E-state index >= 15 is 0 Å². The number of hydrogen-bond donors (Lipinski definition) is 2. The molecule has 0 bridgehead atoms. The molecule has 5 nitrogen and oxygen atoms in total. The first-order valence-corrected chi connectivity index (χ1v) is 6.49. The molecule has 0 spiro atoms. The summed E-state index contributed by atoms with van der Waals surface area (Å²) in [6.45, 7) is 4.50. The van der Waals surface area contributed by atoms with Gasteiger partial charge in [-0.05, 0) is 18.9 Å². The van der Waals surface area contributed by atoms with E-state index in [1.165, 1.54) is 23.4 Å². The van der Waals surface area contributed by atoms with Gasteiger partial charge in [-0.3, -0.25) is 9.78 Å². The minimum absolute atomic E-state index is 0.0416. The van der Waals surface area contributed by atoms with Crippen molar-refractivity contribution in [2.75, 3.05) is 20.2 Å². The number of hydrogen-bond acceptors (Lipinski definition) is 4. The molecule has 0 saturated carbocycles. The van der Waals surface area contributed by atoms with Crippen LogP contribution in [0.25, 0.3) is 0 Å². The fourth-order valence-corrected chi connectivity index (χ4v) is 2.09. The Hall–Kier alpha value is -1.62. The summed E-state index contributed by atoms with van der Waals surface area (Å²) in [7, 11) is 1.68. The molecule has 0 saturated heterocycles. The first-order chi connectivity index (χ1) is 8.99. The molecule has 1 heterocycles. The predicted molar refractivity (Wildman–Crippen MR) is 73.0 cm³/mol. The van der Waals surface area contributed by atoms with E-state index in [2.05, 4.69) is 4.98 Å². The number of aliphatic hydroxyl groups is 1. The van der Waals surface area contributed by atoms with Gasteiger partial charge in [0.1, 0.15) is 5.75 Å². The number of carbonyl (C=O) groups excluding carboxylic acids is 1. The molecule has 0 aliphatic heterocycles. The largest absolute Gasteiger partial charge is 0.505 e. The van der Waals surface area contributed by atoms with Gasteiger partial charge < -0.3 is 15.1 Å². The topological polar surface area (TPSA) is 73.7 Å². The van der Waals surface area contributed by atoms with Crippen molar-refractivity contribution in [2.45, 2.75) is 26.7 Å². The molecule has 5 heteroatoms. The van der Waals surface area contributed by atoms with Crippen molar-refractivity contribution < 1.29 is 15.0 Å². The van der Waals surface area contributed by atoms with E-state index in [1.807, 2.05) is 13.8 Å². The first kappa shape index (κ1) is 15.4. The smallest absolute Gasteiger partial charge is 0.257 e. The minimum atomic E-state index is -0.285. The molecule has 1 amide bonds. The summed E-state index contributed by atoms with van der Waals surface area (Å²) in [5.74, 6) is -0.387. The van der Waals surface area contributed by atoms with Crippen LogP contribution in [0.4, 0.5) is 0 Å². The standard InChI is InChI=1S/C14H22N2O3/c1-4-14(5-2,10-17)9-16(3)13(19)11-6-7-15-8-12(11)18/h6-8,17-18H,4-5,9-10H2,1-3H3. The van der Waals surface area contributed by atoms with Crippen LogP contribution < -0.4 is 0 Å². The molecule has 19 heavy (non-hydrogen) atoms. The summed E-state index contributed by atoms with van der Waals surface area (Å²) >= 11 is 0. The van der Waals surface area contributed by atoms with E-state index < -0.39 is 0 Å². The predicted octanol–water partition coefficient (Wildman–Crippen LogP) is 1.66. The Kier molecular flexibility index (Phi) is 5.30. The lowest BCUT2D eigenvalue weighted by Gasteiger charge is -2.34. The van der Waals surface area contributed by atoms with Crippen LogP contribution in [0.2, 0.25) is 0 Å². The summed E-state index contributed by atoms with van der Waals surface area (Å²) in [5, 5.41) is 19.2. The quantitative estimate of drug-likeness (QED) is 0.821. The molecule has 0 atom stereocenters. The van der Waals surface area contributed by atoms with Gasteiger partial charge in [-0.25, -0.2) is 0 Å². The molecular weight excluding hydrogens is 244 g/mol. The van der Waals surface area contributed by atoms with Gasteiger partial charge in [-0.2, -0.15) is 0 Å². The zero-order valence-electron chi connectivity index (χ0n) is 11.8. The molecule has 0 aliphatic carbocycles. The van der Waals surface area contributed by atoms with Crippen LogP contribution in [0, 0.1) is 5.41 Å². The van der Waals surface area contributed by atoms with Crippen LogP contribution in [0.3, 0.4) is 0 Å². The molecule has 0 unspecified atom stereocenters. The lowest BCUT2D eigenvalue weighted by Crippen LogP contribution is -2.40. The SMILES string of the molecule is CCC(CC)(CO)CN(C)C(=O)c1ccncc1O. The van der Waals surface area contributed by atoms with Crippen LogP contribution in [-0.2, 0) is 0 Å². The van der Waals surface area contributed by atoms with Gasteiger partial charge in [-0.15, -0.1) is 0 Å². The van der Waals surface area contributed by atoms with Crippen molar-refractivity contribution in [3.8, 4) is 5.75 Å². The second kappa shape index (κ2) is 6.52. The number of carbonyl (C=O) groups is 1. The van der Waals surface area contributed by atoms with E-state index in [-0.39, 0.29) is 29.2 Å². The first-order valence-electron chi connectivity index (χ1n) is 6.49. The Balaban J connectivity index is 2.86. The summed E-state index contributed by atoms with van der Waals surface area (Å²) < 4.78 is 0. The van der Waals surface area contributed by atoms with E-state index in [9.17, 15) is 15.0 Å². The Morgan fingerprint density at radius 2 is 2.05 bits per heavy atom. The van der Waals surface area contributed by atoms with Crippen molar-refractivity contribution >= 4 is 5.91 Å². The maximum absolute atomic E-state index is 12.2. The number of aliphatic hydroxyl groups excluding tert-OH is 1. The molecule has 0 radical (unpaired) electrons. The van der Waals surface area contributed by atoms with Gasteiger partial charge in [0.25, 0.3) is 5.91 Å². The van der Waals surface area contributed by atoms with Crippen molar-refractivity contribution in [1.82, 2.24) is 9.88 Å². The highest BCUT2D eigenvalue weighted by Gasteiger charge is 2.29.